The van der Waals surface area contributed by atoms with Crippen molar-refractivity contribution in [2.75, 3.05) is 26.2 Å². The van der Waals surface area contributed by atoms with Crippen LogP contribution in [0.3, 0.4) is 0 Å². The molecule has 1 fully saturated rings. The van der Waals surface area contributed by atoms with E-state index < -0.39 is 10.0 Å². The average Bonchev–Trinajstić information content (AvgIpc) is 2.67. The Morgan fingerprint density at radius 2 is 1.67 bits per heavy atom. The fourth-order valence-corrected chi connectivity index (χ4v) is 5.01. The monoisotopic (exact) mass is 406 g/mol. The number of sulfonamides is 1. The van der Waals surface area contributed by atoms with Gasteiger partial charge in [-0.05, 0) is 48.2 Å². The van der Waals surface area contributed by atoms with Crippen LogP contribution in [0.5, 0.6) is 0 Å². The Morgan fingerprint density at radius 3 is 2.30 bits per heavy atom. The first-order valence-electron chi connectivity index (χ1n) is 9.55. The number of hydrogen-bond acceptors (Lipinski definition) is 3. The topological polar surface area (TPSA) is 40.6 Å². The van der Waals surface area contributed by atoms with Crippen LogP contribution < -0.4 is 0 Å². The van der Waals surface area contributed by atoms with Crippen molar-refractivity contribution in [3.05, 3.63) is 64.7 Å². The summed E-state index contributed by atoms with van der Waals surface area (Å²) < 4.78 is 27.4. The molecule has 0 atom stereocenters. The lowest BCUT2D eigenvalue weighted by Crippen LogP contribution is -2.48. The normalized spacial score (nSPS) is 16.5. The van der Waals surface area contributed by atoms with Crippen LogP contribution in [-0.2, 0) is 23.0 Å². The predicted molar refractivity (Wildman–Crippen MR) is 111 cm³/mol. The van der Waals surface area contributed by atoms with Crippen LogP contribution in [0.25, 0.3) is 0 Å². The maximum absolute atomic E-state index is 12.9. The van der Waals surface area contributed by atoms with Gasteiger partial charge in [0, 0.05) is 37.7 Å². The highest BCUT2D eigenvalue weighted by molar-refractivity contribution is 7.89. The zero-order chi connectivity index (χ0) is 19.3. The van der Waals surface area contributed by atoms with Gasteiger partial charge in [-0.2, -0.15) is 4.31 Å². The quantitative estimate of drug-likeness (QED) is 0.692. The Kier molecular flexibility index (Phi) is 6.93. The molecule has 0 aliphatic carbocycles. The van der Waals surface area contributed by atoms with E-state index in [4.69, 9.17) is 11.6 Å². The second-order valence-electron chi connectivity index (χ2n) is 7.06. The van der Waals surface area contributed by atoms with Gasteiger partial charge in [0.25, 0.3) is 0 Å². The van der Waals surface area contributed by atoms with Crippen molar-refractivity contribution in [2.45, 2.75) is 37.6 Å². The number of hydrogen-bond donors (Lipinski definition) is 0. The second kappa shape index (κ2) is 9.20. The molecule has 0 unspecified atom stereocenters. The first-order chi connectivity index (χ1) is 13.0. The highest BCUT2D eigenvalue weighted by Gasteiger charge is 2.28. The Hall–Kier alpha value is -1.40. The van der Waals surface area contributed by atoms with Gasteiger partial charge in [0.1, 0.15) is 0 Å². The highest BCUT2D eigenvalue weighted by Crippen LogP contribution is 2.20. The highest BCUT2D eigenvalue weighted by atomic mass is 35.5. The Labute approximate surface area is 167 Å². The van der Waals surface area contributed by atoms with E-state index in [1.54, 1.807) is 16.4 Å². The molecule has 27 heavy (non-hydrogen) atoms. The first-order valence-corrected chi connectivity index (χ1v) is 11.4. The number of benzene rings is 2. The van der Waals surface area contributed by atoms with Gasteiger partial charge in [-0.1, -0.05) is 49.2 Å². The number of unbranched alkanes of at least 4 members (excludes halogenated alkanes) is 1. The molecule has 0 radical (unpaired) electrons. The van der Waals surface area contributed by atoms with Crippen molar-refractivity contribution in [3.8, 4) is 0 Å². The lowest BCUT2D eigenvalue weighted by Gasteiger charge is -2.34. The van der Waals surface area contributed by atoms with Crippen molar-refractivity contribution >= 4 is 21.6 Å². The van der Waals surface area contributed by atoms with Gasteiger partial charge in [-0.25, -0.2) is 8.42 Å². The van der Waals surface area contributed by atoms with E-state index in [-0.39, 0.29) is 0 Å². The smallest absolute Gasteiger partial charge is 0.243 e. The molecule has 2 aromatic carbocycles. The largest absolute Gasteiger partial charge is 0.296 e. The molecular formula is C21H27ClN2O2S. The third kappa shape index (κ3) is 5.32. The SMILES string of the molecule is CCCCc1ccc(S(=O)(=O)N2CCN(Cc3cccc(Cl)c3)CC2)cc1. The molecule has 0 spiro atoms. The standard InChI is InChI=1S/C21H27ClN2O2S/c1-2-3-5-18-8-10-21(11-9-18)27(25,26)24-14-12-23(13-15-24)17-19-6-4-7-20(22)16-19/h4,6-11,16H,2-3,5,12-15,17H2,1H3. The van der Waals surface area contributed by atoms with E-state index in [1.807, 2.05) is 30.3 Å². The summed E-state index contributed by atoms with van der Waals surface area (Å²) in [5, 5.41) is 0.732. The summed E-state index contributed by atoms with van der Waals surface area (Å²) in [6.45, 7) is 5.42. The maximum Gasteiger partial charge on any atom is 0.243 e. The van der Waals surface area contributed by atoms with E-state index in [9.17, 15) is 8.42 Å². The van der Waals surface area contributed by atoms with E-state index in [0.29, 0.717) is 18.0 Å². The number of halogens is 1. The molecule has 0 N–H and O–H groups in total. The molecule has 2 aromatic rings. The third-order valence-electron chi connectivity index (χ3n) is 5.01. The molecule has 0 amide bonds. The molecule has 1 aliphatic rings. The molecular weight excluding hydrogens is 380 g/mol. The Morgan fingerprint density at radius 1 is 0.963 bits per heavy atom. The molecule has 1 saturated heterocycles. The summed E-state index contributed by atoms with van der Waals surface area (Å²) >= 11 is 6.05. The minimum Gasteiger partial charge on any atom is -0.296 e. The van der Waals surface area contributed by atoms with Crippen molar-refractivity contribution in [3.63, 3.8) is 0 Å². The molecule has 0 aromatic heterocycles. The summed E-state index contributed by atoms with van der Waals surface area (Å²) in [6.07, 6.45) is 3.26. The van der Waals surface area contributed by atoms with Crippen LogP contribution in [-0.4, -0.2) is 43.8 Å². The van der Waals surface area contributed by atoms with Crippen molar-refractivity contribution in [2.24, 2.45) is 0 Å². The van der Waals surface area contributed by atoms with Gasteiger partial charge in [0.2, 0.25) is 10.0 Å². The van der Waals surface area contributed by atoms with E-state index in [0.717, 1.165) is 49.5 Å². The number of aryl methyl sites for hydroxylation is 1. The van der Waals surface area contributed by atoms with E-state index in [1.165, 1.54) is 5.56 Å². The minimum absolute atomic E-state index is 0.394. The summed E-state index contributed by atoms with van der Waals surface area (Å²) in [4.78, 5) is 2.66. The zero-order valence-corrected chi connectivity index (χ0v) is 17.3. The molecule has 1 heterocycles. The summed E-state index contributed by atoms with van der Waals surface area (Å²) in [5.41, 5.74) is 2.35. The van der Waals surface area contributed by atoms with Crippen LogP contribution in [0, 0.1) is 0 Å². The molecule has 4 nitrogen and oxygen atoms in total. The van der Waals surface area contributed by atoms with Crippen molar-refractivity contribution in [1.29, 1.82) is 0 Å². The van der Waals surface area contributed by atoms with Crippen molar-refractivity contribution < 1.29 is 8.42 Å². The van der Waals surface area contributed by atoms with Crippen LogP contribution in [0.1, 0.15) is 30.9 Å². The zero-order valence-electron chi connectivity index (χ0n) is 15.8. The van der Waals surface area contributed by atoms with E-state index in [2.05, 4.69) is 17.9 Å². The maximum atomic E-state index is 12.9. The van der Waals surface area contributed by atoms with Gasteiger partial charge >= 0.3 is 0 Å². The van der Waals surface area contributed by atoms with Crippen LogP contribution in [0.4, 0.5) is 0 Å². The minimum atomic E-state index is -3.42. The third-order valence-corrected chi connectivity index (χ3v) is 7.15. The first kappa shape index (κ1) is 20.3. The Bertz CT molecular complexity index is 845. The van der Waals surface area contributed by atoms with Crippen LogP contribution >= 0.6 is 11.6 Å². The summed E-state index contributed by atoms with van der Waals surface area (Å²) in [6, 6.07) is 15.2. The van der Waals surface area contributed by atoms with Crippen LogP contribution in [0.15, 0.2) is 53.4 Å². The molecule has 0 saturated carbocycles. The summed E-state index contributed by atoms with van der Waals surface area (Å²) in [5.74, 6) is 0. The second-order valence-corrected chi connectivity index (χ2v) is 9.43. The molecule has 0 bridgehead atoms. The average molecular weight is 407 g/mol. The summed E-state index contributed by atoms with van der Waals surface area (Å²) in [7, 11) is -3.42. The molecule has 6 heteroatoms. The predicted octanol–water partition coefficient (Wildman–Crippen LogP) is 4.19. The van der Waals surface area contributed by atoms with Gasteiger partial charge in [-0.3, -0.25) is 4.90 Å². The number of nitrogens with zero attached hydrogens (tertiary/aromatic N) is 2. The number of piperazine rings is 1. The van der Waals surface area contributed by atoms with Gasteiger partial charge < -0.3 is 0 Å². The van der Waals surface area contributed by atoms with Crippen molar-refractivity contribution in [1.82, 2.24) is 9.21 Å². The molecule has 146 valence electrons. The number of rotatable bonds is 7. The van der Waals surface area contributed by atoms with Gasteiger partial charge in [0.05, 0.1) is 4.90 Å². The molecule has 3 rings (SSSR count). The fourth-order valence-electron chi connectivity index (χ4n) is 3.38. The van der Waals surface area contributed by atoms with Gasteiger partial charge in [0.15, 0.2) is 0 Å². The van der Waals surface area contributed by atoms with Crippen LogP contribution in [0.2, 0.25) is 5.02 Å². The van der Waals surface area contributed by atoms with E-state index >= 15 is 0 Å². The lowest BCUT2D eigenvalue weighted by molar-refractivity contribution is 0.181. The fraction of sp³-hybridized carbons (Fsp3) is 0.429. The lowest BCUT2D eigenvalue weighted by atomic mass is 10.1. The van der Waals surface area contributed by atoms with Gasteiger partial charge in [-0.15, -0.1) is 0 Å². The Balaban J connectivity index is 1.59. The molecule has 1 aliphatic heterocycles.